The van der Waals surface area contributed by atoms with Crippen LogP contribution in [0.5, 0.6) is 0 Å². The third kappa shape index (κ3) is 10.3. The van der Waals surface area contributed by atoms with Crippen LogP contribution in [0.4, 0.5) is 4.79 Å². The Bertz CT molecular complexity index is 603. The zero-order valence-corrected chi connectivity index (χ0v) is 20.9. The Morgan fingerprint density at radius 2 is 1.56 bits per heavy atom. The summed E-state index contributed by atoms with van der Waals surface area (Å²) in [7, 11) is 0. The molecule has 0 aromatic carbocycles. The molecule has 0 radical (unpaired) electrons. The highest BCUT2D eigenvalue weighted by molar-refractivity contribution is 14.1. The van der Waals surface area contributed by atoms with Crippen LogP contribution in [0, 0.1) is 0 Å². The molecule has 1 amide bonds. The van der Waals surface area contributed by atoms with Crippen molar-refractivity contribution in [2.45, 2.75) is 47.1 Å². The summed E-state index contributed by atoms with van der Waals surface area (Å²) in [6.45, 7) is 11.8. The second kappa shape index (κ2) is 12.6. The number of esters is 1. The number of halogens is 2. The van der Waals surface area contributed by atoms with Gasteiger partial charge in [-0.3, -0.25) is 4.79 Å². The number of carbonyl (C=O) groups excluding carboxylic acids is 3. The molecule has 0 unspecified atom stereocenters. The lowest BCUT2D eigenvalue weighted by Crippen LogP contribution is -2.33. The van der Waals surface area contributed by atoms with Crippen molar-refractivity contribution >= 4 is 63.2 Å². The quantitative estimate of drug-likeness (QED) is 0.177. The molecule has 0 aliphatic carbocycles. The van der Waals surface area contributed by atoms with Gasteiger partial charge in [0.05, 0.1) is 12.2 Å². The first-order valence-corrected chi connectivity index (χ1v) is 10.7. The summed E-state index contributed by atoms with van der Waals surface area (Å²) in [5.74, 6) is -0.870. The number of amides is 1. The van der Waals surface area contributed by atoms with Crippen LogP contribution < -0.4 is 0 Å². The minimum Gasteiger partial charge on any atom is -0.456 e. The molecule has 0 fully saturated rings. The number of ether oxygens (including phenoxy) is 3. The lowest BCUT2D eigenvalue weighted by Gasteiger charge is -2.22. The molecular formula is C18H27I2NO6. The first kappa shape index (κ1) is 26.1. The molecule has 0 rings (SSSR count). The summed E-state index contributed by atoms with van der Waals surface area (Å²) < 4.78 is 15.8. The van der Waals surface area contributed by atoms with E-state index < -0.39 is 17.7 Å². The van der Waals surface area contributed by atoms with Gasteiger partial charge in [-0.2, -0.15) is 0 Å². The summed E-state index contributed by atoms with van der Waals surface area (Å²) >= 11 is 3.77. The normalized spacial score (nSPS) is 12.8. The van der Waals surface area contributed by atoms with Crippen molar-refractivity contribution in [1.29, 1.82) is 0 Å². The molecule has 7 nitrogen and oxygen atoms in total. The molecule has 0 heterocycles. The van der Waals surface area contributed by atoms with Gasteiger partial charge in [0.25, 0.3) is 5.91 Å². The van der Waals surface area contributed by atoms with Crippen LogP contribution in [-0.4, -0.2) is 54.8 Å². The van der Waals surface area contributed by atoms with E-state index in [1.165, 1.54) is 6.08 Å². The molecule has 0 N–H and O–H groups in total. The van der Waals surface area contributed by atoms with Gasteiger partial charge < -0.3 is 19.1 Å². The molecule has 0 aliphatic heterocycles. The number of carbonyl (C=O) groups is 3. The van der Waals surface area contributed by atoms with Crippen molar-refractivity contribution in [2.24, 2.45) is 0 Å². The number of rotatable bonds is 8. The molecule has 0 aliphatic rings. The molecule has 0 atom stereocenters. The SMILES string of the molecule is CCOC(=O)OC/C(I)=C/C(C(=O)N(CC)CC)=C(\I)C(=O)OC(C)(C)C. The van der Waals surface area contributed by atoms with Gasteiger partial charge in [0, 0.05) is 16.7 Å². The van der Waals surface area contributed by atoms with E-state index in [4.69, 9.17) is 14.2 Å². The maximum atomic E-state index is 12.9. The molecule has 0 saturated heterocycles. The maximum absolute atomic E-state index is 12.9. The average Bonchev–Trinajstić information content (AvgIpc) is 2.57. The van der Waals surface area contributed by atoms with Crippen molar-refractivity contribution in [1.82, 2.24) is 4.90 Å². The second-order valence-corrected chi connectivity index (χ2v) is 8.73. The average molecular weight is 607 g/mol. The van der Waals surface area contributed by atoms with E-state index in [1.807, 2.05) is 59.0 Å². The Morgan fingerprint density at radius 3 is 2.00 bits per heavy atom. The van der Waals surface area contributed by atoms with Crippen molar-refractivity contribution < 1.29 is 28.6 Å². The van der Waals surface area contributed by atoms with E-state index >= 15 is 0 Å². The highest BCUT2D eigenvalue weighted by Crippen LogP contribution is 2.24. The maximum Gasteiger partial charge on any atom is 0.508 e. The van der Waals surface area contributed by atoms with Crippen LogP contribution >= 0.6 is 45.2 Å². The fraction of sp³-hybridized carbons (Fsp3) is 0.611. The standard InChI is InChI=1S/C18H27I2NO6/c1-7-21(8-2)15(22)13(14(20)16(23)27-18(4,5)6)10-12(19)11-26-17(24)25-9-3/h10H,7-9,11H2,1-6H3/b12-10-,14-13+. The fourth-order valence-electron chi connectivity index (χ4n) is 1.82. The minimum atomic E-state index is -0.789. The molecular weight excluding hydrogens is 580 g/mol. The van der Waals surface area contributed by atoms with Gasteiger partial charge in [-0.25, -0.2) is 9.59 Å². The van der Waals surface area contributed by atoms with E-state index in [2.05, 4.69) is 0 Å². The fourth-order valence-corrected chi connectivity index (χ4v) is 2.78. The van der Waals surface area contributed by atoms with Gasteiger partial charge in [-0.1, -0.05) is 0 Å². The molecule has 154 valence electrons. The topological polar surface area (TPSA) is 82.1 Å². The smallest absolute Gasteiger partial charge is 0.456 e. The third-order valence-electron chi connectivity index (χ3n) is 2.99. The summed E-state index contributed by atoms with van der Waals surface area (Å²) in [5.41, 5.74) is -0.480. The molecule has 0 spiro atoms. The van der Waals surface area contributed by atoms with Gasteiger partial charge in [-0.05, 0) is 92.8 Å². The highest BCUT2D eigenvalue weighted by Gasteiger charge is 2.25. The Hall–Kier alpha value is -0.850. The molecule has 0 aromatic heterocycles. The van der Waals surface area contributed by atoms with Crippen LogP contribution in [0.25, 0.3) is 0 Å². The lowest BCUT2D eigenvalue weighted by atomic mass is 10.1. The third-order valence-corrected chi connectivity index (χ3v) is 4.63. The molecule has 9 heteroatoms. The first-order chi connectivity index (χ1) is 12.5. The summed E-state index contributed by atoms with van der Waals surface area (Å²) in [4.78, 5) is 38.2. The summed E-state index contributed by atoms with van der Waals surface area (Å²) in [6.07, 6.45) is 0.745. The molecule has 0 saturated carbocycles. The summed E-state index contributed by atoms with van der Waals surface area (Å²) in [5, 5.41) is 0. The van der Waals surface area contributed by atoms with Crippen LogP contribution in [0.1, 0.15) is 41.5 Å². The van der Waals surface area contributed by atoms with Gasteiger partial charge in [-0.15, -0.1) is 0 Å². The zero-order valence-electron chi connectivity index (χ0n) is 16.6. The number of hydrogen-bond acceptors (Lipinski definition) is 6. The lowest BCUT2D eigenvalue weighted by molar-refractivity contribution is -0.149. The van der Waals surface area contributed by atoms with Gasteiger partial charge in [0.15, 0.2) is 0 Å². The monoisotopic (exact) mass is 607 g/mol. The molecule has 0 aromatic rings. The van der Waals surface area contributed by atoms with Crippen molar-refractivity contribution in [2.75, 3.05) is 26.3 Å². The highest BCUT2D eigenvalue weighted by atomic mass is 127. The Balaban J connectivity index is 5.75. The van der Waals surface area contributed by atoms with Crippen LogP contribution in [0.15, 0.2) is 18.8 Å². The van der Waals surface area contributed by atoms with E-state index in [1.54, 1.807) is 32.6 Å². The van der Waals surface area contributed by atoms with Crippen LogP contribution in [0.2, 0.25) is 0 Å². The van der Waals surface area contributed by atoms with Crippen molar-refractivity contribution in [3.8, 4) is 0 Å². The number of hydrogen-bond donors (Lipinski definition) is 0. The largest absolute Gasteiger partial charge is 0.508 e. The van der Waals surface area contributed by atoms with Gasteiger partial charge in [0.2, 0.25) is 0 Å². The van der Waals surface area contributed by atoms with Gasteiger partial charge >= 0.3 is 12.1 Å². The Kier molecular flexibility index (Phi) is 12.2. The first-order valence-electron chi connectivity index (χ1n) is 8.54. The predicted octanol–water partition coefficient (Wildman–Crippen LogP) is 4.38. The van der Waals surface area contributed by atoms with Crippen LogP contribution in [0.3, 0.4) is 0 Å². The minimum absolute atomic E-state index is 0.0628. The van der Waals surface area contributed by atoms with E-state index in [0.717, 1.165) is 0 Å². The Morgan fingerprint density at radius 1 is 1.00 bits per heavy atom. The molecule has 27 heavy (non-hydrogen) atoms. The van der Waals surface area contributed by atoms with Crippen LogP contribution in [-0.2, 0) is 23.8 Å². The van der Waals surface area contributed by atoms with E-state index in [-0.39, 0.29) is 28.3 Å². The van der Waals surface area contributed by atoms with Gasteiger partial charge in [0.1, 0.15) is 15.8 Å². The van der Waals surface area contributed by atoms with E-state index in [9.17, 15) is 14.4 Å². The molecule has 0 bridgehead atoms. The number of likely N-dealkylation sites (N-methyl/N-ethyl adjacent to an activating group) is 1. The second-order valence-electron chi connectivity index (χ2n) is 6.27. The Labute approximate surface area is 188 Å². The summed E-state index contributed by atoms with van der Waals surface area (Å²) in [6, 6.07) is 0. The van der Waals surface area contributed by atoms with Crippen molar-refractivity contribution in [3.63, 3.8) is 0 Å². The predicted molar refractivity (Wildman–Crippen MR) is 120 cm³/mol. The van der Waals surface area contributed by atoms with E-state index in [0.29, 0.717) is 16.7 Å². The zero-order chi connectivity index (χ0) is 21.2. The number of nitrogens with zero attached hydrogens (tertiary/aromatic N) is 1. The van der Waals surface area contributed by atoms with Crippen molar-refractivity contribution in [3.05, 3.63) is 18.8 Å².